The Balaban J connectivity index is 1.85. The number of hydrogen-bond acceptors (Lipinski definition) is 5. The van der Waals surface area contributed by atoms with Crippen LogP contribution in [0.1, 0.15) is 6.92 Å². The van der Waals surface area contributed by atoms with Gasteiger partial charge in [0.25, 0.3) is 0 Å². The van der Waals surface area contributed by atoms with Crippen molar-refractivity contribution < 1.29 is 4.74 Å². The predicted octanol–water partition coefficient (Wildman–Crippen LogP) is 1.85. The molecular formula is C13H17N3OS. The number of ether oxygens (including phenoxy) is 1. The molecule has 5 heteroatoms. The minimum atomic E-state index is 0.0576. The highest BCUT2D eigenvalue weighted by molar-refractivity contribution is 7.22. The number of aromatic nitrogens is 1. The average Bonchev–Trinajstić information content (AvgIpc) is 2.82. The summed E-state index contributed by atoms with van der Waals surface area (Å²) >= 11 is 1.74. The number of benzene rings is 1. The van der Waals surface area contributed by atoms with E-state index in [1.807, 2.05) is 19.1 Å². The summed E-state index contributed by atoms with van der Waals surface area (Å²) in [6.45, 7) is 4.44. The normalized spacial score (nSPS) is 22.3. The highest BCUT2D eigenvalue weighted by atomic mass is 32.1. The van der Waals surface area contributed by atoms with Crippen LogP contribution in [-0.2, 0) is 4.74 Å². The highest BCUT2D eigenvalue weighted by Gasteiger charge is 2.25. The zero-order valence-corrected chi connectivity index (χ0v) is 11.2. The second-order valence-electron chi connectivity index (χ2n) is 4.68. The smallest absolute Gasteiger partial charge is 0.186 e. The molecule has 96 valence electrons. The number of rotatable bonds is 2. The Labute approximate surface area is 110 Å². The van der Waals surface area contributed by atoms with Crippen LogP contribution in [0.5, 0.6) is 0 Å². The van der Waals surface area contributed by atoms with E-state index in [0.29, 0.717) is 0 Å². The van der Waals surface area contributed by atoms with E-state index in [1.165, 1.54) is 4.70 Å². The Kier molecular flexibility index (Phi) is 3.20. The first kappa shape index (κ1) is 11.9. The lowest BCUT2D eigenvalue weighted by Crippen LogP contribution is -2.49. The summed E-state index contributed by atoms with van der Waals surface area (Å²) in [4.78, 5) is 6.96. The molecule has 2 N–H and O–H groups in total. The van der Waals surface area contributed by atoms with Crippen LogP contribution >= 0.6 is 11.3 Å². The number of morpholine rings is 1. The van der Waals surface area contributed by atoms with Crippen LogP contribution in [0.2, 0.25) is 0 Å². The largest absolute Gasteiger partial charge is 0.373 e. The molecular weight excluding hydrogens is 246 g/mol. The SMILES string of the molecule is CC(N)C1CN(c2nc3ccccc3s2)CCO1. The molecule has 1 saturated heterocycles. The third-order valence-corrected chi connectivity index (χ3v) is 4.33. The van der Waals surface area contributed by atoms with Crippen molar-refractivity contribution >= 4 is 26.7 Å². The van der Waals surface area contributed by atoms with E-state index < -0.39 is 0 Å². The second-order valence-corrected chi connectivity index (χ2v) is 5.69. The highest BCUT2D eigenvalue weighted by Crippen LogP contribution is 2.29. The van der Waals surface area contributed by atoms with Crippen molar-refractivity contribution in [2.24, 2.45) is 5.73 Å². The first-order valence-corrected chi connectivity index (χ1v) is 7.03. The van der Waals surface area contributed by atoms with E-state index in [4.69, 9.17) is 10.5 Å². The molecule has 0 amide bonds. The summed E-state index contributed by atoms with van der Waals surface area (Å²) in [7, 11) is 0. The molecule has 1 aliphatic rings. The van der Waals surface area contributed by atoms with E-state index in [9.17, 15) is 0 Å². The summed E-state index contributed by atoms with van der Waals surface area (Å²) in [5.74, 6) is 0. The maximum atomic E-state index is 5.91. The van der Waals surface area contributed by atoms with Crippen LogP contribution in [0, 0.1) is 0 Å². The maximum Gasteiger partial charge on any atom is 0.186 e. The molecule has 0 spiro atoms. The molecule has 1 aromatic heterocycles. The first-order valence-electron chi connectivity index (χ1n) is 6.22. The number of nitrogens with zero attached hydrogens (tertiary/aromatic N) is 2. The van der Waals surface area contributed by atoms with Crippen LogP contribution in [0.3, 0.4) is 0 Å². The third kappa shape index (κ3) is 2.21. The van der Waals surface area contributed by atoms with Crippen LogP contribution < -0.4 is 10.6 Å². The molecule has 4 nitrogen and oxygen atoms in total. The standard InChI is InChI=1S/C13H17N3OS/c1-9(14)11-8-16(6-7-17-11)13-15-10-4-2-3-5-12(10)18-13/h2-5,9,11H,6-8,14H2,1H3. The quantitative estimate of drug-likeness (QED) is 0.898. The molecule has 0 bridgehead atoms. The van der Waals surface area contributed by atoms with Crippen molar-refractivity contribution in [3.05, 3.63) is 24.3 Å². The van der Waals surface area contributed by atoms with E-state index in [0.717, 1.165) is 30.3 Å². The number of hydrogen-bond donors (Lipinski definition) is 1. The minimum absolute atomic E-state index is 0.0576. The van der Waals surface area contributed by atoms with Gasteiger partial charge in [0.15, 0.2) is 5.13 Å². The Morgan fingerprint density at radius 3 is 3.11 bits per heavy atom. The van der Waals surface area contributed by atoms with Gasteiger partial charge in [-0.3, -0.25) is 0 Å². The number of nitrogens with two attached hydrogens (primary N) is 1. The topological polar surface area (TPSA) is 51.4 Å². The Bertz CT molecular complexity index is 507. The van der Waals surface area contributed by atoms with Crippen LogP contribution in [0.15, 0.2) is 24.3 Å². The molecule has 1 fully saturated rings. The fourth-order valence-corrected chi connectivity index (χ4v) is 3.16. The van der Waals surface area contributed by atoms with E-state index in [-0.39, 0.29) is 12.1 Å². The zero-order chi connectivity index (χ0) is 12.5. The van der Waals surface area contributed by atoms with Gasteiger partial charge in [-0.25, -0.2) is 4.98 Å². The monoisotopic (exact) mass is 263 g/mol. The maximum absolute atomic E-state index is 5.91. The summed E-state index contributed by atoms with van der Waals surface area (Å²) < 4.78 is 6.91. The molecule has 2 heterocycles. The van der Waals surface area contributed by atoms with Gasteiger partial charge in [0.2, 0.25) is 0 Å². The predicted molar refractivity (Wildman–Crippen MR) is 75.2 cm³/mol. The van der Waals surface area contributed by atoms with E-state index in [2.05, 4.69) is 22.0 Å². The number of para-hydroxylation sites is 1. The fraction of sp³-hybridized carbons (Fsp3) is 0.462. The number of fused-ring (bicyclic) bond motifs is 1. The Hall–Kier alpha value is -1.17. The van der Waals surface area contributed by atoms with Gasteiger partial charge < -0.3 is 15.4 Å². The molecule has 2 unspecified atom stereocenters. The van der Waals surface area contributed by atoms with Crippen molar-refractivity contribution in [3.63, 3.8) is 0 Å². The molecule has 2 aromatic rings. The fourth-order valence-electron chi connectivity index (χ4n) is 2.16. The summed E-state index contributed by atoms with van der Waals surface area (Å²) in [5, 5.41) is 1.07. The van der Waals surface area contributed by atoms with Gasteiger partial charge in [0.05, 0.1) is 22.9 Å². The number of anilines is 1. The molecule has 18 heavy (non-hydrogen) atoms. The van der Waals surface area contributed by atoms with E-state index in [1.54, 1.807) is 11.3 Å². The van der Waals surface area contributed by atoms with Crippen molar-refractivity contribution in [1.29, 1.82) is 0 Å². The molecule has 0 saturated carbocycles. The third-order valence-electron chi connectivity index (χ3n) is 3.23. The zero-order valence-electron chi connectivity index (χ0n) is 10.4. The molecule has 1 aromatic carbocycles. The molecule has 0 radical (unpaired) electrons. The van der Waals surface area contributed by atoms with E-state index >= 15 is 0 Å². The minimum Gasteiger partial charge on any atom is -0.373 e. The van der Waals surface area contributed by atoms with Crippen molar-refractivity contribution in [3.8, 4) is 0 Å². The van der Waals surface area contributed by atoms with Gasteiger partial charge in [-0.15, -0.1) is 0 Å². The lowest BCUT2D eigenvalue weighted by molar-refractivity contribution is 0.0276. The van der Waals surface area contributed by atoms with Gasteiger partial charge >= 0.3 is 0 Å². The van der Waals surface area contributed by atoms with Gasteiger partial charge in [-0.05, 0) is 19.1 Å². The Morgan fingerprint density at radius 2 is 2.33 bits per heavy atom. The Morgan fingerprint density at radius 1 is 1.50 bits per heavy atom. The second kappa shape index (κ2) is 4.84. The first-order chi connectivity index (χ1) is 8.74. The van der Waals surface area contributed by atoms with Gasteiger partial charge in [-0.2, -0.15) is 0 Å². The molecule has 3 rings (SSSR count). The van der Waals surface area contributed by atoms with Crippen molar-refractivity contribution in [2.75, 3.05) is 24.6 Å². The summed E-state index contributed by atoms with van der Waals surface area (Å²) in [6, 6.07) is 8.30. The van der Waals surface area contributed by atoms with Crippen LogP contribution in [0.25, 0.3) is 10.2 Å². The molecule has 1 aliphatic heterocycles. The molecule has 0 aliphatic carbocycles. The lowest BCUT2D eigenvalue weighted by atomic mass is 10.1. The van der Waals surface area contributed by atoms with Gasteiger partial charge in [0.1, 0.15) is 0 Å². The van der Waals surface area contributed by atoms with Gasteiger partial charge in [0, 0.05) is 19.1 Å². The average molecular weight is 263 g/mol. The summed E-state index contributed by atoms with van der Waals surface area (Å²) in [5.41, 5.74) is 6.98. The molecule has 2 atom stereocenters. The number of thiazole rings is 1. The van der Waals surface area contributed by atoms with Crippen molar-refractivity contribution in [2.45, 2.75) is 19.1 Å². The summed E-state index contributed by atoms with van der Waals surface area (Å²) in [6.07, 6.45) is 0.103. The van der Waals surface area contributed by atoms with Crippen molar-refractivity contribution in [1.82, 2.24) is 4.98 Å². The lowest BCUT2D eigenvalue weighted by Gasteiger charge is -2.34. The van der Waals surface area contributed by atoms with Crippen LogP contribution in [0.4, 0.5) is 5.13 Å². The van der Waals surface area contributed by atoms with Crippen LogP contribution in [-0.4, -0.2) is 36.8 Å². The van der Waals surface area contributed by atoms with Gasteiger partial charge in [-0.1, -0.05) is 23.5 Å².